The van der Waals surface area contributed by atoms with Gasteiger partial charge in [-0.2, -0.15) is 0 Å². The summed E-state index contributed by atoms with van der Waals surface area (Å²) in [6.45, 7) is 9.92. The maximum Gasteiger partial charge on any atom is 0.167 e. The van der Waals surface area contributed by atoms with Crippen LogP contribution in [0.1, 0.15) is 62.0 Å². The molecular formula is C27H33NO3. The summed E-state index contributed by atoms with van der Waals surface area (Å²) in [5.41, 5.74) is 1.84. The van der Waals surface area contributed by atoms with Gasteiger partial charge < -0.3 is 9.84 Å². The van der Waals surface area contributed by atoms with Gasteiger partial charge in [0.25, 0.3) is 0 Å². The highest BCUT2D eigenvalue weighted by atomic mass is 16.5. The van der Waals surface area contributed by atoms with Crippen molar-refractivity contribution in [1.29, 1.82) is 0 Å². The molecule has 1 aliphatic heterocycles. The summed E-state index contributed by atoms with van der Waals surface area (Å²) < 4.78 is 5.75. The highest BCUT2D eigenvalue weighted by molar-refractivity contribution is 5.98. The smallest absolute Gasteiger partial charge is 0.167 e. The molecule has 1 atom stereocenters. The van der Waals surface area contributed by atoms with Crippen LogP contribution in [0.2, 0.25) is 0 Å². The molecule has 4 nitrogen and oxygen atoms in total. The second kappa shape index (κ2) is 10.1. The summed E-state index contributed by atoms with van der Waals surface area (Å²) in [4.78, 5) is 15.5. The number of aliphatic hydroxyl groups is 1. The minimum Gasteiger partial charge on any atom is -0.491 e. The van der Waals surface area contributed by atoms with Crippen LogP contribution in [0.15, 0.2) is 48.5 Å². The molecule has 0 saturated carbocycles. The predicted molar refractivity (Wildman–Crippen MR) is 124 cm³/mol. The van der Waals surface area contributed by atoms with Gasteiger partial charge in [0, 0.05) is 30.1 Å². The minimum atomic E-state index is -0.992. The molecule has 164 valence electrons. The van der Waals surface area contributed by atoms with Crippen LogP contribution in [0.25, 0.3) is 0 Å². The molecule has 1 aliphatic rings. The maximum absolute atomic E-state index is 13.1. The van der Waals surface area contributed by atoms with Gasteiger partial charge in [-0.15, -0.1) is 0 Å². The third kappa shape index (κ3) is 7.24. The molecule has 0 aromatic heterocycles. The molecule has 31 heavy (non-hydrogen) atoms. The average molecular weight is 420 g/mol. The number of carbonyl (C=O) groups is 1. The number of nitrogens with zero attached hydrogens (tertiary/aromatic N) is 1. The molecule has 1 N–H and O–H groups in total. The number of benzene rings is 2. The van der Waals surface area contributed by atoms with Gasteiger partial charge in [0.05, 0.1) is 6.10 Å². The number of hydrogen-bond acceptors (Lipinski definition) is 4. The van der Waals surface area contributed by atoms with Crippen LogP contribution in [0, 0.1) is 17.8 Å². The number of Topliss-reactive ketones (excluding diaryl/α,β-unsaturated/α-hetero) is 1. The normalized spacial score (nSPS) is 17.2. The van der Waals surface area contributed by atoms with Crippen molar-refractivity contribution in [2.75, 3.05) is 13.1 Å². The standard InChI is InChI=1S/C27H33NO3/c1-20(2)31-25-9-5-7-23(17-25)26(29)24-8-6-16-28(19-24)18-22-12-10-21(11-13-22)14-15-27(3,4)30/h5,7,9-13,17,20,24,30H,6,8,16,18-19H2,1-4H3/t24-/m1/s1. The zero-order valence-corrected chi connectivity index (χ0v) is 19.0. The van der Waals surface area contributed by atoms with Gasteiger partial charge in [-0.25, -0.2) is 0 Å². The Kier molecular flexibility index (Phi) is 7.54. The number of carbonyl (C=O) groups excluding carboxylic acids is 1. The lowest BCUT2D eigenvalue weighted by atomic mass is 9.89. The maximum atomic E-state index is 13.1. The molecule has 1 saturated heterocycles. The van der Waals surface area contributed by atoms with Gasteiger partial charge in [0.2, 0.25) is 0 Å². The molecule has 0 bridgehead atoms. The first-order valence-corrected chi connectivity index (χ1v) is 11.1. The fraction of sp³-hybridized carbons (Fsp3) is 0.444. The Morgan fingerprint density at radius 1 is 1.23 bits per heavy atom. The van der Waals surface area contributed by atoms with E-state index in [0.717, 1.165) is 49.4 Å². The van der Waals surface area contributed by atoms with Gasteiger partial charge in [0.1, 0.15) is 11.4 Å². The van der Waals surface area contributed by atoms with Crippen molar-refractivity contribution in [3.8, 4) is 17.6 Å². The van der Waals surface area contributed by atoms with E-state index in [9.17, 15) is 9.90 Å². The second-order valence-electron chi connectivity index (χ2n) is 9.14. The van der Waals surface area contributed by atoms with Gasteiger partial charge in [0.15, 0.2) is 5.78 Å². The van der Waals surface area contributed by atoms with Gasteiger partial charge in [-0.1, -0.05) is 36.1 Å². The van der Waals surface area contributed by atoms with Crippen LogP contribution in [0.5, 0.6) is 5.75 Å². The second-order valence-corrected chi connectivity index (χ2v) is 9.14. The number of ether oxygens (including phenoxy) is 1. The van der Waals surface area contributed by atoms with Gasteiger partial charge in [-0.05, 0) is 76.9 Å². The highest BCUT2D eigenvalue weighted by Crippen LogP contribution is 2.24. The van der Waals surface area contributed by atoms with E-state index < -0.39 is 5.60 Å². The van der Waals surface area contributed by atoms with Crippen molar-refractivity contribution in [2.24, 2.45) is 5.92 Å². The molecule has 1 heterocycles. The lowest BCUT2D eigenvalue weighted by Gasteiger charge is -2.32. The first-order chi connectivity index (χ1) is 14.7. The van der Waals surface area contributed by atoms with Crippen LogP contribution in [0.3, 0.4) is 0 Å². The van der Waals surface area contributed by atoms with E-state index >= 15 is 0 Å². The van der Waals surface area contributed by atoms with E-state index in [1.54, 1.807) is 13.8 Å². The molecule has 4 heteroatoms. The van der Waals surface area contributed by atoms with Crippen molar-refractivity contribution in [1.82, 2.24) is 4.90 Å². The van der Waals surface area contributed by atoms with Crippen molar-refractivity contribution in [3.63, 3.8) is 0 Å². The molecule has 1 fully saturated rings. The molecular weight excluding hydrogens is 386 g/mol. The summed E-state index contributed by atoms with van der Waals surface area (Å²) in [6, 6.07) is 15.7. The Morgan fingerprint density at radius 2 is 1.97 bits per heavy atom. The largest absolute Gasteiger partial charge is 0.491 e. The molecule has 0 aliphatic carbocycles. The summed E-state index contributed by atoms with van der Waals surface area (Å²) >= 11 is 0. The van der Waals surface area contributed by atoms with Crippen LogP contribution >= 0.6 is 0 Å². The minimum absolute atomic E-state index is 0.0139. The summed E-state index contributed by atoms with van der Waals surface area (Å²) in [7, 11) is 0. The average Bonchev–Trinajstić information content (AvgIpc) is 2.72. The molecule has 0 spiro atoms. The topological polar surface area (TPSA) is 49.8 Å². The van der Waals surface area contributed by atoms with E-state index in [0.29, 0.717) is 0 Å². The van der Waals surface area contributed by atoms with E-state index in [1.165, 1.54) is 5.56 Å². The molecule has 3 rings (SSSR count). The number of piperidine rings is 1. The molecule has 0 radical (unpaired) electrons. The number of likely N-dealkylation sites (tertiary alicyclic amines) is 1. The van der Waals surface area contributed by atoms with E-state index in [4.69, 9.17) is 4.74 Å². The van der Waals surface area contributed by atoms with Crippen LogP contribution in [-0.4, -0.2) is 40.6 Å². The van der Waals surface area contributed by atoms with Gasteiger partial charge >= 0.3 is 0 Å². The van der Waals surface area contributed by atoms with Crippen molar-refractivity contribution < 1.29 is 14.6 Å². The Balaban J connectivity index is 1.61. The highest BCUT2D eigenvalue weighted by Gasteiger charge is 2.26. The predicted octanol–water partition coefficient (Wildman–Crippen LogP) is 4.69. The molecule has 2 aromatic carbocycles. The Labute approximate surface area is 186 Å². The van der Waals surface area contributed by atoms with E-state index in [-0.39, 0.29) is 17.8 Å². The zero-order chi connectivity index (χ0) is 22.4. The number of rotatable bonds is 6. The van der Waals surface area contributed by atoms with E-state index in [1.807, 2.05) is 50.2 Å². The van der Waals surface area contributed by atoms with Crippen molar-refractivity contribution in [3.05, 3.63) is 65.2 Å². The Morgan fingerprint density at radius 3 is 2.65 bits per heavy atom. The fourth-order valence-electron chi connectivity index (χ4n) is 3.82. The quantitative estimate of drug-likeness (QED) is 0.545. The zero-order valence-electron chi connectivity index (χ0n) is 19.0. The van der Waals surface area contributed by atoms with Crippen LogP contribution in [0.4, 0.5) is 0 Å². The fourth-order valence-corrected chi connectivity index (χ4v) is 3.82. The van der Waals surface area contributed by atoms with E-state index in [2.05, 4.69) is 28.9 Å². The monoisotopic (exact) mass is 419 g/mol. The number of ketones is 1. The molecule has 0 amide bonds. The third-order valence-electron chi connectivity index (χ3n) is 5.24. The Bertz CT molecular complexity index is 945. The van der Waals surface area contributed by atoms with Crippen LogP contribution < -0.4 is 4.74 Å². The molecule has 0 unspecified atom stereocenters. The number of hydrogen-bond donors (Lipinski definition) is 1. The summed E-state index contributed by atoms with van der Waals surface area (Å²) in [6.07, 6.45) is 2.03. The summed E-state index contributed by atoms with van der Waals surface area (Å²) in [5, 5.41) is 9.74. The molecule has 2 aromatic rings. The van der Waals surface area contributed by atoms with Crippen molar-refractivity contribution >= 4 is 5.78 Å². The first-order valence-electron chi connectivity index (χ1n) is 11.1. The lowest BCUT2D eigenvalue weighted by Crippen LogP contribution is -2.38. The van der Waals surface area contributed by atoms with Crippen molar-refractivity contribution in [2.45, 2.75) is 58.8 Å². The van der Waals surface area contributed by atoms with Crippen LogP contribution in [-0.2, 0) is 6.54 Å². The summed E-state index contributed by atoms with van der Waals surface area (Å²) in [5.74, 6) is 6.81. The first kappa shape index (κ1) is 23.1. The SMILES string of the molecule is CC(C)Oc1cccc(C(=O)[C@@H]2CCCN(Cc3ccc(C#CC(C)(C)O)cc3)C2)c1. The Hall–Kier alpha value is -2.61. The van der Waals surface area contributed by atoms with Gasteiger partial charge in [-0.3, -0.25) is 9.69 Å². The third-order valence-corrected chi connectivity index (χ3v) is 5.24. The lowest BCUT2D eigenvalue weighted by molar-refractivity contribution is 0.0811.